The standard InChI is InChI=1S/C16H20N4O2/c1-3-12-6-4-5-7-13(12)19-15(21)14-8-9-17-16(20-14)18-10-11-22-2/h4-9H,3,10-11H2,1-2H3,(H,19,21)(H,17,18,20). The second-order valence-corrected chi connectivity index (χ2v) is 4.65. The minimum Gasteiger partial charge on any atom is -0.383 e. The average Bonchev–Trinajstić information content (AvgIpc) is 2.56. The molecule has 2 rings (SSSR count). The SMILES string of the molecule is CCc1ccccc1NC(=O)c1ccnc(NCCOC)n1. The molecule has 1 heterocycles. The van der Waals surface area contributed by atoms with Gasteiger partial charge in [-0.25, -0.2) is 9.97 Å². The molecule has 2 aromatic rings. The number of methoxy groups -OCH3 is 1. The van der Waals surface area contributed by atoms with Crippen molar-refractivity contribution in [2.75, 3.05) is 30.9 Å². The molecule has 22 heavy (non-hydrogen) atoms. The number of para-hydroxylation sites is 1. The van der Waals surface area contributed by atoms with Gasteiger partial charge in [-0.05, 0) is 24.1 Å². The van der Waals surface area contributed by atoms with Gasteiger partial charge in [-0.2, -0.15) is 0 Å². The van der Waals surface area contributed by atoms with Crippen LogP contribution < -0.4 is 10.6 Å². The lowest BCUT2D eigenvalue weighted by Crippen LogP contribution is -2.17. The lowest BCUT2D eigenvalue weighted by atomic mass is 10.1. The van der Waals surface area contributed by atoms with Gasteiger partial charge in [0.1, 0.15) is 5.69 Å². The Hall–Kier alpha value is -2.47. The van der Waals surface area contributed by atoms with Crippen molar-refractivity contribution < 1.29 is 9.53 Å². The summed E-state index contributed by atoms with van der Waals surface area (Å²) in [6, 6.07) is 9.32. The van der Waals surface area contributed by atoms with Crippen LogP contribution in [0.5, 0.6) is 0 Å². The molecular formula is C16H20N4O2. The third-order valence-corrected chi connectivity index (χ3v) is 3.12. The van der Waals surface area contributed by atoms with E-state index in [9.17, 15) is 4.79 Å². The minimum atomic E-state index is -0.252. The van der Waals surface area contributed by atoms with E-state index in [4.69, 9.17) is 4.74 Å². The number of carbonyl (C=O) groups excluding carboxylic acids is 1. The van der Waals surface area contributed by atoms with Gasteiger partial charge in [-0.1, -0.05) is 25.1 Å². The number of nitrogens with zero attached hydrogens (tertiary/aromatic N) is 2. The molecule has 0 saturated carbocycles. The molecule has 2 N–H and O–H groups in total. The van der Waals surface area contributed by atoms with Crippen LogP contribution in [0.1, 0.15) is 23.0 Å². The van der Waals surface area contributed by atoms with E-state index in [0.717, 1.165) is 17.7 Å². The molecule has 0 saturated heterocycles. The second-order valence-electron chi connectivity index (χ2n) is 4.65. The number of hydrogen-bond acceptors (Lipinski definition) is 5. The molecule has 1 aromatic carbocycles. The molecule has 0 aliphatic heterocycles. The molecule has 0 radical (unpaired) electrons. The van der Waals surface area contributed by atoms with E-state index in [1.807, 2.05) is 31.2 Å². The summed E-state index contributed by atoms with van der Waals surface area (Å²) in [7, 11) is 1.62. The molecule has 0 bridgehead atoms. The first-order chi connectivity index (χ1) is 10.7. The van der Waals surface area contributed by atoms with E-state index in [-0.39, 0.29) is 5.91 Å². The first-order valence-electron chi connectivity index (χ1n) is 7.19. The molecule has 0 aliphatic carbocycles. The fourth-order valence-electron chi connectivity index (χ4n) is 1.97. The van der Waals surface area contributed by atoms with Crippen LogP contribution in [0.4, 0.5) is 11.6 Å². The van der Waals surface area contributed by atoms with Gasteiger partial charge in [0.2, 0.25) is 5.95 Å². The van der Waals surface area contributed by atoms with Crippen molar-refractivity contribution in [1.29, 1.82) is 0 Å². The third kappa shape index (κ3) is 4.26. The Bertz CT molecular complexity index is 631. The summed E-state index contributed by atoms with van der Waals surface area (Å²) < 4.78 is 4.95. The Morgan fingerprint density at radius 1 is 1.27 bits per heavy atom. The zero-order chi connectivity index (χ0) is 15.8. The van der Waals surface area contributed by atoms with Crippen molar-refractivity contribution in [3.05, 3.63) is 47.8 Å². The van der Waals surface area contributed by atoms with Crippen LogP contribution >= 0.6 is 0 Å². The highest BCUT2D eigenvalue weighted by atomic mass is 16.5. The minimum absolute atomic E-state index is 0.252. The van der Waals surface area contributed by atoms with Crippen LogP contribution in [0.2, 0.25) is 0 Å². The maximum atomic E-state index is 12.3. The molecule has 0 fully saturated rings. The zero-order valence-corrected chi connectivity index (χ0v) is 12.8. The number of amides is 1. The molecule has 0 spiro atoms. The summed E-state index contributed by atoms with van der Waals surface area (Å²) in [5.74, 6) is 0.159. The molecule has 6 heteroatoms. The van der Waals surface area contributed by atoms with Crippen LogP contribution in [0.3, 0.4) is 0 Å². The van der Waals surface area contributed by atoms with Gasteiger partial charge < -0.3 is 15.4 Å². The smallest absolute Gasteiger partial charge is 0.274 e. The number of anilines is 2. The van der Waals surface area contributed by atoms with Gasteiger partial charge in [0.25, 0.3) is 5.91 Å². The van der Waals surface area contributed by atoms with Gasteiger partial charge in [0, 0.05) is 25.5 Å². The number of nitrogens with one attached hydrogen (secondary N) is 2. The van der Waals surface area contributed by atoms with Crippen molar-refractivity contribution in [1.82, 2.24) is 9.97 Å². The molecule has 1 aromatic heterocycles. The van der Waals surface area contributed by atoms with E-state index in [1.54, 1.807) is 19.4 Å². The number of carbonyl (C=O) groups is 1. The van der Waals surface area contributed by atoms with Crippen LogP contribution in [0.25, 0.3) is 0 Å². The predicted molar refractivity (Wildman–Crippen MR) is 86.2 cm³/mol. The summed E-state index contributed by atoms with van der Waals surface area (Å²) in [6.07, 6.45) is 2.41. The van der Waals surface area contributed by atoms with Gasteiger partial charge in [-0.15, -0.1) is 0 Å². The van der Waals surface area contributed by atoms with Gasteiger partial charge in [-0.3, -0.25) is 4.79 Å². The van der Waals surface area contributed by atoms with Crippen LogP contribution in [0.15, 0.2) is 36.5 Å². The number of hydrogen-bond donors (Lipinski definition) is 2. The normalized spacial score (nSPS) is 10.3. The topological polar surface area (TPSA) is 76.1 Å². The zero-order valence-electron chi connectivity index (χ0n) is 12.8. The molecule has 0 unspecified atom stereocenters. The Morgan fingerprint density at radius 2 is 2.09 bits per heavy atom. The fourth-order valence-corrected chi connectivity index (χ4v) is 1.97. The van der Waals surface area contributed by atoms with Crippen molar-refractivity contribution in [2.45, 2.75) is 13.3 Å². The van der Waals surface area contributed by atoms with E-state index < -0.39 is 0 Å². The summed E-state index contributed by atoms with van der Waals surface area (Å²) in [6.45, 7) is 3.18. The van der Waals surface area contributed by atoms with Gasteiger partial charge in [0.05, 0.1) is 6.61 Å². The van der Waals surface area contributed by atoms with E-state index in [0.29, 0.717) is 24.8 Å². The first kappa shape index (κ1) is 15.9. The molecule has 116 valence electrons. The van der Waals surface area contributed by atoms with E-state index in [2.05, 4.69) is 20.6 Å². The van der Waals surface area contributed by atoms with Gasteiger partial charge >= 0.3 is 0 Å². The van der Waals surface area contributed by atoms with Crippen molar-refractivity contribution in [2.24, 2.45) is 0 Å². The number of ether oxygens (including phenoxy) is 1. The molecule has 0 atom stereocenters. The Labute approximate surface area is 129 Å². The van der Waals surface area contributed by atoms with Crippen LogP contribution in [-0.2, 0) is 11.2 Å². The molecule has 6 nitrogen and oxygen atoms in total. The maximum absolute atomic E-state index is 12.3. The van der Waals surface area contributed by atoms with Crippen LogP contribution in [-0.4, -0.2) is 36.1 Å². The van der Waals surface area contributed by atoms with E-state index >= 15 is 0 Å². The summed E-state index contributed by atoms with van der Waals surface area (Å²) in [5.41, 5.74) is 2.21. The summed E-state index contributed by atoms with van der Waals surface area (Å²) in [5, 5.41) is 5.89. The Kier molecular flexibility index (Phi) is 5.85. The highest BCUT2D eigenvalue weighted by Crippen LogP contribution is 2.16. The second kappa shape index (κ2) is 8.09. The Morgan fingerprint density at radius 3 is 2.86 bits per heavy atom. The average molecular weight is 300 g/mol. The number of benzene rings is 1. The monoisotopic (exact) mass is 300 g/mol. The lowest BCUT2D eigenvalue weighted by molar-refractivity contribution is 0.102. The Balaban J connectivity index is 2.07. The molecular weight excluding hydrogens is 280 g/mol. The number of rotatable bonds is 7. The predicted octanol–water partition coefficient (Wildman–Crippen LogP) is 2.35. The van der Waals surface area contributed by atoms with E-state index in [1.165, 1.54) is 0 Å². The quantitative estimate of drug-likeness (QED) is 0.768. The largest absolute Gasteiger partial charge is 0.383 e. The van der Waals surface area contributed by atoms with Crippen molar-refractivity contribution in [3.8, 4) is 0 Å². The van der Waals surface area contributed by atoms with Crippen LogP contribution in [0, 0.1) is 0 Å². The third-order valence-electron chi connectivity index (χ3n) is 3.12. The van der Waals surface area contributed by atoms with Crippen molar-refractivity contribution >= 4 is 17.5 Å². The molecule has 1 amide bonds. The highest BCUT2D eigenvalue weighted by Gasteiger charge is 2.10. The number of aromatic nitrogens is 2. The number of aryl methyl sites for hydroxylation is 1. The highest BCUT2D eigenvalue weighted by molar-refractivity contribution is 6.03. The molecule has 0 aliphatic rings. The lowest BCUT2D eigenvalue weighted by Gasteiger charge is -2.10. The van der Waals surface area contributed by atoms with Gasteiger partial charge in [0.15, 0.2) is 0 Å². The fraction of sp³-hybridized carbons (Fsp3) is 0.312. The maximum Gasteiger partial charge on any atom is 0.274 e. The summed E-state index contributed by atoms with van der Waals surface area (Å²) >= 11 is 0. The summed E-state index contributed by atoms with van der Waals surface area (Å²) in [4.78, 5) is 20.6. The van der Waals surface area contributed by atoms with Crippen molar-refractivity contribution in [3.63, 3.8) is 0 Å². The first-order valence-corrected chi connectivity index (χ1v) is 7.19.